The van der Waals surface area contributed by atoms with Crippen molar-refractivity contribution >= 4 is 37.7 Å². The van der Waals surface area contributed by atoms with E-state index in [1.165, 1.54) is 34.4 Å². The maximum atomic E-state index is 6.87. The maximum absolute atomic E-state index is 6.87. The number of hydrogen-bond donors (Lipinski definition) is 0. The van der Waals surface area contributed by atoms with Gasteiger partial charge in [0.15, 0.2) is 0 Å². The molecule has 0 amide bonds. The molecule has 0 unspecified atom stereocenters. The Bertz CT molecular complexity index is 1560. The maximum Gasteiger partial charge on any atom is 2.00 e. The molecule has 0 bridgehead atoms. The van der Waals surface area contributed by atoms with Gasteiger partial charge in [-0.3, -0.25) is 0 Å². The van der Waals surface area contributed by atoms with E-state index in [2.05, 4.69) is 186 Å². The van der Waals surface area contributed by atoms with E-state index < -0.39 is 21.4 Å². The van der Waals surface area contributed by atoms with E-state index in [4.69, 9.17) is 13.7 Å². The summed E-state index contributed by atoms with van der Waals surface area (Å²) in [6, 6.07) is 25.5. The van der Waals surface area contributed by atoms with Crippen LogP contribution in [0.15, 0.2) is 72.8 Å². The third kappa shape index (κ3) is 21.1. The molecule has 7 aliphatic rings. The van der Waals surface area contributed by atoms with Gasteiger partial charge in [-0.25, -0.2) is 0 Å². The average molecular weight is 1040 g/mol. The summed E-state index contributed by atoms with van der Waals surface area (Å²) in [5, 5.41) is 0. The molecule has 3 aromatic rings. The molecule has 348 valence electrons. The van der Waals surface area contributed by atoms with Gasteiger partial charge in [0.2, 0.25) is 0 Å². The fourth-order valence-corrected chi connectivity index (χ4v) is 8.09. The molecule has 0 aromatic heterocycles. The normalized spacial score (nSPS) is 19.7. The standard InChI is InChI=1S/C42H45B3N3O3.3C5H5.3Fe/c1-46(28-34-16-4-5-17-34)31-37-22-10-13-25-40(37)43-49-44(41-26-14-11-23-38(41)32-47(2)29-35-18-6-7-19-35)51-45(50-43)42-27-15-12-24-39(42)33-48(3)30-36-20-8-9-21-36;3*1-2-4-5-3-1;;;/h4-27H,28-33H2,1-3H3;3*1-5H;;;/q;;;;3*+2. The van der Waals surface area contributed by atoms with E-state index in [1.54, 1.807) is 0 Å². The zero-order chi connectivity index (χ0) is 45.6. The Labute approximate surface area is 455 Å². The Hall–Kier alpha value is -0.827. The van der Waals surface area contributed by atoms with Crippen molar-refractivity contribution in [2.75, 3.05) is 40.8 Å². The SMILES string of the molecule is CN(C[C]1[CH][CH][CH][CH]1)Cc1ccccc1B1OB(c2ccccc2CN(C)C[C]2[CH][CH][CH][CH]2)OB(c2ccccc2CN(C)C[C]2[CH][CH][CH][CH]2)O1.[CH]1[CH][CH][CH][CH]1.[CH]1[CH][CH][CH][CH]1.[CH]1[CH][CH][CH][CH]1.[Fe+2].[Fe+2].[Fe+2]. The minimum Gasteiger partial charge on any atom is -0.445 e. The van der Waals surface area contributed by atoms with E-state index in [0.29, 0.717) is 0 Å². The summed E-state index contributed by atoms with van der Waals surface area (Å²) in [5.41, 5.74) is 6.55. The largest absolute Gasteiger partial charge is 2.00 e. The Morgan fingerprint density at radius 1 is 0.290 bits per heavy atom. The van der Waals surface area contributed by atoms with Crippen LogP contribution >= 0.6 is 0 Å². The number of rotatable bonds is 15. The van der Waals surface area contributed by atoms with Crippen molar-refractivity contribution in [2.24, 2.45) is 0 Å². The second kappa shape index (κ2) is 34.6. The topological polar surface area (TPSA) is 37.4 Å². The predicted octanol–water partition coefficient (Wildman–Crippen LogP) is 6.80. The van der Waals surface area contributed by atoms with Gasteiger partial charge in [-0.2, -0.15) is 0 Å². The fraction of sp³-hybridized carbons (Fsp3) is 0.158. The third-order valence-electron chi connectivity index (χ3n) is 11.2. The molecule has 3 aromatic carbocycles. The Morgan fingerprint density at radius 3 is 0.710 bits per heavy atom. The summed E-state index contributed by atoms with van der Waals surface area (Å²) in [7, 11) is 4.56. The first kappa shape index (κ1) is 60.7. The molecule has 10 rings (SSSR count). The summed E-state index contributed by atoms with van der Waals surface area (Å²) in [5.74, 6) is 3.90. The van der Waals surface area contributed by atoms with Crippen LogP contribution in [-0.4, -0.2) is 76.8 Å². The summed E-state index contributed by atoms with van der Waals surface area (Å²) < 4.78 is 20.6. The van der Waals surface area contributed by atoms with Crippen molar-refractivity contribution in [3.05, 3.63) is 281 Å². The molecule has 0 N–H and O–H groups in total. The van der Waals surface area contributed by atoms with Gasteiger partial charge >= 0.3 is 72.6 Å². The molecule has 1 aliphatic heterocycles. The van der Waals surface area contributed by atoms with Gasteiger partial charge in [-0.1, -0.05) is 72.8 Å². The molecule has 6 saturated carbocycles. The van der Waals surface area contributed by atoms with Crippen molar-refractivity contribution in [3.8, 4) is 0 Å². The molecule has 69 heavy (non-hydrogen) atoms. The minimum atomic E-state index is -0.637. The molecule has 0 spiro atoms. The second-order valence-corrected chi connectivity index (χ2v) is 16.8. The monoisotopic (exact) mass is 1040 g/mol. The summed E-state index contributed by atoms with van der Waals surface area (Å²) in [6.07, 6.45) is 55.6. The molecule has 1 heterocycles. The fourth-order valence-electron chi connectivity index (χ4n) is 8.09. The zero-order valence-electron chi connectivity index (χ0n) is 39.6. The van der Waals surface area contributed by atoms with Crippen LogP contribution in [0.1, 0.15) is 16.7 Å². The average Bonchev–Trinajstić information content (AvgIpc) is 4.19. The third-order valence-corrected chi connectivity index (χ3v) is 11.2. The van der Waals surface area contributed by atoms with Gasteiger partial charge in [0.25, 0.3) is 0 Å². The number of hydrogen-bond acceptors (Lipinski definition) is 6. The van der Waals surface area contributed by atoms with Crippen LogP contribution in [0.4, 0.5) is 0 Å². The molecule has 7 fully saturated rings. The molecule has 6 nitrogen and oxygen atoms in total. The van der Waals surface area contributed by atoms with Crippen LogP contribution < -0.4 is 16.4 Å². The van der Waals surface area contributed by atoms with E-state index in [-0.39, 0.29) is 51.2 Å². The van der Waals surface area contributed by atoms with Crippen molar-refractivity contribution in [1.82, 2.24) is 14.7 Å². The van der Waals surface area contributed by atoms with Gasteiger partial charge in [0.05, 0.1) is 0 Å². The Balaban J connectivity index is 0.000000490. The van der Waals surface area contributed by atoms with Crippen molar-refractivity contribution in [1.29, 1.82) is 0 Å². The first-order chi connectivity index (χ1) is 32.5. The molecular formula is C57H60B3Fe3N3O3+6. The molecular weight excluding hydrogens is 975 g/mol. The van der Waals surface area contributed by atoms with Crippen LogP contribution in [0, 0.1) is 191 Å². The van der Waals surface area contributed by atoms with Crippen LogP contribution in [0.2, 0.25) is 0 Å². The van der Waals surface area contributed by atoms with Crippen molar-refractivity contribution in [3.63, 3.8) is 0 Å². The molecule has 6 aliphatic carbocycles. The number of benzene rings is 3. The predicted molar refractivity (Wildman–Crippen MR) is 274 cm³/mol. The van der Waals surface area contributed by atoms with Crippen LogP contribution in [0.25, 0.3) is 0 Å². The van der Waals surface area contributed by atoms with Crippen molar-refractivity contribution < 1.29 is 64.9 Å². The number of nitrogens with zero attached hydrogens (tertiary/aromatic N) is 3. The van der Waals surface area contributed by atoms with Crippen LogP contribution in [0.3, 0.4) is 0 Å². The van der Waals surface area contributed by atoms with Gasteiger partial charge < -0.3 is 28.4 Å². The minimum absolute atomic E-state index is 0. The van der Waals surface area contributed by atoms with E-state index in [1.807, 2.05) is 96.3 Å². The molecule has 0 atom stereocenters. The van der Waals surface area contributed by atoms with Crippen LogP contribution in [-0.2, 0) is 84.6 Å². The first-order valence-corrected chi connectivity index (χ1v) is 22.9. The van der Waals surface area contributed by atoms with E-state index in [0.717, 1.165) is 55.7 Å². The van der Waals surface area contributed by atoms with E-state index >= 15 is 0 Å². The van der Waals surface area contributed by atoms with Gasteiger partial charge in [0.1, 0.15) is 0 Å². The zero-order valence-corrected chi connectivity index (χ0v) is 42.9. The van der Waals surface area contributed by atoms with Crippen LogP contribution in [0.5, 0.6) is 0 Å². The quantitative estimate of drug-likeness (QED) is 0.156. The van der Waals surface area contributed by atoms with Crippen molar-refractivity contribution in [2.45, 2.75) is 19.6 Å². The molecule has 30 radical (unpaired) electrons. The van der Waals surface area contributed by atoms with Gasteiger partial charge in [-0.15, -0.1) is 0 Å². The Morgan fingerprint density at radius 2 is 0.493 bits per heavy atom. The second-order valence-electron chi connectivity index (χ2n) is 16.8. The van der Waals surface area contributed by atoms with Gasteiger partial charge in [0, 0.05) is 39.3 Å². The molecule has 12 heteroatoms. The Kier molecular flexibility index (Phi) is 30.5. The van der Waals surface area contributed by atoms with Gasteiger partial charge in [-0.05, 0) is 245 Å². The smallest absolute Gasteiger partial charge is 0.445 e. The first-order valence-electron chi connectivity index (χ1n) is 22.9. The molecule has 1 saturated heterocycles. The summed E-state index contributed by atoms with van der Waals surface area (Å²) >= 11 is 0. The van der Waals surface area contributed by atoms with E-state index in [9.17, 15) is 0 Å². The summed E-state index contributed by atoms with van der Waals surface area (Å²) in [6.45, 7) is 4.85. The summed E-state index contributed by atoms with van der Waals surface area (Å²) in [4.78, 5) is 6.99.